The van der Waals surface area contributed by atoms with Gasteiger partial charge in [-0.1, -0.05) is 191 Å². The van der Waals surface area contributed by atoms with Crippen LogP contribution in [0.15, 0.2) is 249 Å². The van der Waals surface area contributed by atoms with Crippen LogP contribution in [0.5, 0.6) is 0 Å². The molecule has 0 unspecified atom stereocenters. The first kappa shape index (κ1) is 40.8. The van der Waals surface area contributed by atoms with Gasteiger partial charge in [-0.15, -0.1) is 0 Å². The standard InChI is InChI=1S/C70H53N3/c1-69(2)63-45-57(72(53-28-18-9-19-29-53)55-36-32-50(33-37-55)47-22-12-6-13-23-47)39-41-59(63)67-65(69)61-43-51(48-24-14-7-15-25-48)42-60-64-58-40-38-56(44-62(58)70(3,4)68(64)73(67)66(60)61)71(52-26-16-8-17-27-52)54-34-30-49(31-35-54)46-20-10-5-11-21-46/h5-45H,1-4H3/i8D,9D. The van der Waals surface area contributed by atoms with E-state index in [9.17, 15) is 0 Å². The lowest BCUT2D eigenvalue weighted by Gasteiger charge is -2.29. The van der Waals surface area contributed by atoms with Crippen LogP contribution in [0.25, 0.3) is 72.1 Å². The molecule has 348 valence electrons. The summed E-state index contributed by atoms with van der Waals surface area (Å²) >= 11 is 0. The average molecular weight is 938 g/mol. The molecule has 2 aromatic heterocycles. The minimum Gasteiger partial charge on any atom is -0.310 e. The highest BCUT2D eigenvalue weighted by molar-refractivity contribution is 6.16. The molecule has 0 N–H and O–H groups in total. The maximum absolute atomic E-state index is 8.38. The van der Waals surface area contributed by atoms with Crippen molar-refractivity contribution in [1.82, 2.24) is 4.40 Å². The molecule has 2 aliphatic carbocycles. The summed E-state index contributed by atoms with van der Waals surface area (Å²) < 4.78 is 19.4. The summed E-state index contributed by atoms with van der Waals surface area (Å²) in [6.07, 6.45) is 0. The van der Waals surface area contributed by atoms with Crippen molar-refractivity contribution in [1.29, 1.82) is 0 Å². The van der Waals surface area contributed by atoms with Gasteiger partial charge in [0.15, 0.2) is 0 Å². The summed E-state index contributed by atoms with van der Waals surface area (Å²) in [6, 6.07) is 85.5. The zero-order chi connectivity index (χ0) is 50.7. The zero-order valence-electron chi connectivity index (χ0n) is 43.4. The largest absolute Gasteiger partial charge is 0.310 e. The normalized spacial score (nSPS) is 14.1. The molecular formula is C70H53N3. The number of rotatable bonds is 9. The van der Waals surface area contributed by atoms with E-state index in [1.165, 1.54) is 94.4 Å². The minimum absolute atomic E-state index is 0.351. The Labute approximate surface area is 430 Å². The predicted octanol–water partition coefficient (Wildman–Crippen LogP) is 19.1. The number of hydrogen-bond acceptors (Lipinski definition) is 2. The Morgan fingerprint density at radius 1 is 0.356 bits per heavy atom. The van der Waals surface area contributed by atoms with Gasteiger partial charge in [-0.2, -0.15) is 0 Å². The van der Waals surface area contributed by atoms with Crippen molar-refractivity contribution in [2.75, 3.05) is 9.80 Å². The van der Waals surface area contributed by atoms with Gasteiger partial charge in [-0.05, 0) is 141 Å². The number of nitrogens with zero attached hydrogens (tertiary/aromatic N) is 3. The first-order chi connectivity index (χ1) is 36.5. The maximum Gasteiger partial charge on any atom is 0.0623 e. The van der Waals surface area contributed by atoms with Crippen molar-refractivity contribution in [2.24, 2.45) is 0 Å². The van der Waals surface area contributed by atoms with Crippen LogP contribution in [0, 0.1) is 0 Å². The lowest BCUT2D eigenvalue weighted by atomic mass is 9.80. The lowest BCUT2D eigenvalue weighted by Crippen LogP contribution is -2.19. The van der Waals surface area contributed by atoms with E-state index in [0.717, 1.165) is 34.1 Å². The molecule has 0 aliphatic heterocycles. The second kappa shape index (κ2) is 16.3. The van der Waals surface area contributed by atoms with E-state index >= 15 is 0 Å². The van der Waals surface area contributed by atoms with E-state index in [-0.39, 0.29) is 10.8 Å². The van der Waals surface area contributed by atoms with Crippen molar-refractivity contribution >= 4 is 50.4 Å². The average Bonchev–Trinajstić information content (AvgIpc) is 4.20. The third-order valence-corrected chi connectivity index (χ3v) is 15.9. The maximum atomic E-state index is 8.38. The van der Waals surface area contributed by atoms with Crippen LogP contribution in [0.4, 0.5) is 34.1 Å². The first-order valence-corrected chi connectivity index (χ1v) is 25.4. The van der Waals surface area contributed by atoms with Crippen LogP contribution in [-0.4, -0.2) is 4.40 Å². The molecule has 0 radical (unpaired) electrons. The third-order valence-electron chi connectivity index (χ3n) is 15.9. The molecule has 0 amide bonds. The topological polar surface area (TPSA) is 10.9 Å². The van der Waals surface area contributed by atoms with Crippen LogP contribution in [-0.2, 0) is 10.8 Å². The van der Waals surface area contributed by atoms with Crippen LogP contribution in [0.1, 0.15) is 52.8 Å². The van der Waals surface area contributed by atoms with Crippen LogP contribution < -0.4 is 9.80 Å². The smallest absolute Gasteiger partial charge is 0.0623 e. The highest BCUT2D eigenvalue weighted by atomic mass is 15.1. The van der Waals surface area contributed by atoms with Crippen molar-refractivity contribution in [3.05, 3.63) is 271 Å². The Kier molecular flexibility index (Phi) is 9.11. The molecule has 3 heteroatoms. The first-order valence-electron chi connectivity index (χ1n) is 26.4. The molecule has 0 saturated heterocycles. The molecular weight excluding hydrogens is 883 g/mol. The van der Waals surface area contributed by atoms with Gasteiger partial charge in [0.1, 0.15) is 0 Å². The predicted molar refractivity (Wildman–Crippen MR) is 307 cm³/mol. The molecule has 0 atom stereocenters. The van der Waals surface area contributed by atoms with Gasteiger partial charge < -0.3 is 14.2 Å². The van der Waals surface area contributed by atoms with Gasteiger partial charge in [0.25, 0.3) is 0 Å². The molecule has 12 aromatic rings. The summed E-state index contributed by atoms with van der Waals surface area (Å²) in [5, 5.41) is 2.58. The molecule has 10 aromatic carbocycles. The van der Waals surface area contributed by atoms with Crippen molar-refractivity contribution in [3.8, 4) is 55.8 Å². The number of fused-ring (bicyclic) bond motifs is 10. The summed E-state index contributed by atoms with van der Waals surface area (Å²) in [5.41, 5.74) is 24.3. The molecule has 3 nitrogen and oxygen atoms in total. The number of benzene rings is 10. The van der Waals surface area contributed by atoms with Crippen LogP contribution in [0.3, 0.4) is 0 Å². The summed E-state index contributed by atoms with van der Waals surface area (Å²) in [4.78, 5) is 4.67. The molecule has 0 spiro atoms. The molecule has 73 heavy (non-hydrogen) atoms. The highest BCUT2D eigenvalue weighted by Gasteiger charge is 2.47. The van der Waals surface area contributed by atoms with Gasteiger partial charge in [-0.25, -0.2) is 0 Å². The van der Waals surface area contributed by atoms with Gasteiger partial charge >= 0.3 is 0 Å². The lowest BCUT2D eigenvalue weighted by molar-refractivity contribution is 0.630. The van der Waals surface area contributed by atoms with E-state index in [0.29, 0.717) is 12.1 Å². The molecule has 2 aliphatic rings. The van der Waals surface area contributed by atoms with Crippen LogP contribution in [0.2, 0.25) is 0 Å². The molecule has 0 bridgehead atoms. The summed E-state index contributed by atoms with van der Waals surface area (Å²) in [6.45, 7) is 9.67. The molecule has 2 heterocycles. The molecule has 0 fully saturated rings. The summed E-state index contributed by atoms with van der Waals surface area (Å²) in [5.74, 6) is 0. The Bertz CT molecular complexity index is 4140. The second-order valence-corrected chi connectivity index (χ2v) is 20.8. The van der Waals surface area contributed by atoms with E-state index < -0.39 is 0 Å². The number of aromatic nitrogens is 1. The Balaban J connectivity index is 0.949. The quantitative estimate of drug-likeness (QED) is 0.143. The highest BCUT2D eigenvalue weighted by Crippen LogP contribution is 2.61. The van der Waals surface area contributed by atoms with Crippen molar-refractivity contribution in [3.63, 3.8) is 0 Å². The fourth-order valence-corrected chi connectivity index (χ4v) is 12.5. The number of anilines is 6. The number of para-hydroxylation sites is 2. The van der Waals surface area contributed by atoms with Crippen molar-refractivity contribution in [2.45, 2.75) is 38.5 Å². The number of hydrogen-bond donors (Lipinski definition) is 0. The van der Waals surface area contributed by atoms with E-state index in [2.05, 4.69) is 254 Å². The third kappa shape index (κ3) is 6.58. The second-order valence-electron chi connectivity index (χ2n) is 20.8. The fourth-order valence-electron chi connectivity index (χ4n) is 12.5. The Morgan fingerprint density at radius 2 is 0.753 bits per heavy atom. The van der Waals surface area contributed by atoms with Gasteiger partial charge in [0, 0.05) is 72.5 Å². The Hall–Kier alpha value is -8.92. The summed E-state index contributed by atoms with van der Waals surface area (Å²) in [7, 11) is 0. The zero-order valence-corrected chi connectivity index (χ0v) is 41.4. The molecule has 14 rings (SSSR count). The van der Waals surface area contributed by atoms with Gasteiger partial charge in [-0.3, -0.25) is 0 Å². The van der Waals surface area contributed by atoms with Gasteiger partial charge in [0.05, 0.1) is 14.0 Å². The monoisotopic (exact) mass is 937 g/mol. The Morgan fingerprint density at radius 3 is 1.25 bits per heavy atom. The fraction of sp³-hybridized carbons (Fsp3) is 0.0857. The SMILES string of the molecule is [2H]c1ccc(N(c2ccc(-c3ccccc3)cc2)c2ccc3c(c2)C(C)(C)c2c-3n3c4c(c5cc(-c6ccccc6)cc2c53)-c2ccc(N(c3ccc([2H])cc3)c3ccc(-c5ccccc5)cc3)cc2C4(C)C)cc1. The van der Waals surface area contributed by atoms with E-state index in [1.807, 2.05) is 24.3 Å². The minimum atomic E-state index is -0.389. The van der Waals surface area contributed by atoms with Crippen molar-refractivity contribution < 1.29 is 2.74 Å². The van der Waals surface area contributed by atoms with E-state index in [4.69, 9.17) is 2.74 Å². The van der Waals surface area contributed by atoms with Gasteiger partial charge in [0.2, 0.25) is 0 Å². The van der Waals surface area contributed by atoms with E-state index in [1.54, 1.807) is 0 Å². The molecule has 0 saturated carbocycles. The van der Waals surface area contributed by atoms with Crippen LogP contribution >= 0.6 is 0 Å².